The van der Waals surface area contributed by atoms with Crippen molar-refractivity contribution in [3.63, 3.8) is 0 Å². The summed E-state index contributed by atoms with van der Waals surface area (Å²) in [5.41, 5.74) is 2.49. The molecule has 5 heteroatoms. The summed E-state index contributed by atoms with van der Waals surface area (Å²) in [6.07, 6.45) is 0.742. The molecule has 2 aliphatic carbocycles. The highest BCUT2D eigenvalue weighted by Crippen LogP contribution is 2.47. The highest BCUT2D eigenvalue weighted by atomic mass is 16.5. The third-order valence-corrected chi connectivity index (χ3v) is 6.46. The van der Waals surface area contributed by atoms with Gasteiger partial charge in [0.1, 0.15) is 6.10 Å². The van der Waals surface area contributed by atoms with Gasteiger partial charge in [0.2, 0.25) is 0 Å². The van der Waals surface area contributed by atoms with Crippen LogP contribution in [-0.4, -0.2) is 45.7 Å². The molecule has 3 N–H and O–H groups in total. The maximum absolute atomic E-state index is 11.6. The van der Waals surface area contributed by atoms with Gasteiger partial charge in [-0.2, -0.15) is 0 Å². The van der Waals surface area contributed by atoms with Gasteiger partial charge >= 0.3 is 5.97 Å². The van der Waals surface area contributed by atoms with Crippen molar-refractivity contribution in [2.24, 2.45) is 23.7 Å². The second-order valence-corrected chi connectivity index (χ2v) is 8.40. The average molecular weight is 379 g/mol. The molecule has 2 rings (SSSR count). The number of carbonyl (C=O) groups excluding carboxylic acids is 1. The fourth-order valence-electron chi connectivity index (χ4n) is 4.67. The van der Waals surface area contributed by atoms with Gasteiger partial charge in [-0.1, -0.05) is 37.3 Å². The summed E-state index contributed by atoms with van der Waals surface area (Å²) in [6, 6.07) is 0. The molecule has 2 aliphatic rings. The Bertz CT molecular complexity index is 622. The zero-order valence-electron chi connectivity index (χ0n) is 16.9. The predicted octanol–water partition coefficient (Wildman–Crippen LogP) is 2.76. The van der Waals surface area contributed by atoms with Crippen LogP contribution in [0.1, 0.15) is 47.0 Å². The second-order valence-electron chi connectivity index (χ2n) is 8.40. The summed E-state index contributed by atoms with van der Waals surface area (Å²) in [4.78, 5) is 11.6. The fraction of sp³-hybridized carbons (Fsp3) is 0.682. The number of esters is 1. The predicted molar refractivity (Wildman–Crippen MR) is 105 cm³/mol. The molecule has 2 unspecified atom stereocenters. The van der Waals surface area contributed by atoms with Crippen LogP contribution in [0.4, 0.5) is 0 Å². The van der Waals surface area contributed by atoms with E-state index in [2.05, 4.69) is 19.2 Å². The Balaban J connectivity index is 2.30. The first kappa shape index (κ1) is 21.9. The lowest BCUT2D eigenvalue weighted by molar-refractivity contribution is -0.153. The van der Waals surface area contributed by atoms with Crippen LogP contribution in [0.2, 0.25) is 0 Å². The molecule has 0 bridgehead atoms. The number of aliphatic hydroxyl groups is 3. The summed E-state index contributed by atoms with van der Waals surface area (Å²) >= 11 is 0. The largest absolute Gasteiger partial charge is 0.462 e. The standard InChI is InChI=1S/C22H34O5/c1-11(2)18(24)10-20(27-15(6)23)14(5)17-9-19(25)13(4)16-8-7-12(3)21(16)22(17)26/h7,14,16-22,24-26H,1,4,8-10H2,2-3,5-6H3/t14?,16-,17-,18-,19+,20?,21+,22+/m0/s1. The Morgan fingerprint density at radius 3 is 2.56 bits per heavy atom. The Morgan fingerprint density at radius 2 is 2.00 bits per heavy atom. The molecule has 0 aromatic carbocycles. The summed E-state index contributed by atoms with van der Waals surface area (Å²) in [5.74, 6) is -0.988. The van der Waals surface area contributed by atoms with E-state index in [9.17, 15) is 20.1 Å². The van der Waals surface area contributed by atoms with Gasteiger partial charge < -0.3 is 20.1 Å². The SMILES string of the molecule is C=C(C)[C@@H](O)CC(OC(C)=O)C(C)[C@@H]1C[C@@H](O)C(=C)[C@@H]2CC=C(C)[C@H]2[C@@H]1O. The lowest BCUT2D eigenvalue weighted by Gasteiger charge is -2.36. The molecule has 27 heavy (non-hydrogen) atoms. The molecule has 0 saturated heterocycles. The molecule has 0 amide bonds. The quantitative estimate of drug-likeness (QED) is 0.489. The van der Waals surface area contributed by atoms with Crippen LogP contribution < -0.4 is 0 Å². The molecule has 0 heterocycles. The van der Waals surface area contributed by atoms with Gasteiger partial charge in [0.05, 0.1) is 18.3 Å². The molecule has 0 aromatic rings. The molecule has 5 nitrogen and oxygen atoms in total. The molecule has 1 saturated carbocycles. The van der Waals surface area contributed by atoms with Gasteiger partial charge in [-0.25, -0.2) is 0 Å². The van der Waals surface area contributed by atoms with Crippen LogP contribution in [0.5, 0.6) is 0 Å². The first-order valence-corrected chi connectivity index (χ1v) is 9.76. The van der Waals surface area contributed by atoms with E-state index in [-0.39, 0.29) is 30.1 Å². The molecular formula is C22H34O5. The summed E-state index contributed by atoms with van der Waals surface area (Å²) in [6.45, 7) is 14.8. The van der Waals surface area contributed by atoms with Crippen LogP contribution in [0, 0.1) is 23.7 Å². The first-order valence-electron chi connectivity index (χ1n) is 9.76. The second kappa shape index (κ2) is 8.72. The summed E-state index contributed by atoms with van der Waals surface area (Å²) < 4.78 is 5.51. The number of fused-ring (bicyclic) bond motifs is 1. The Hall–Kier alpha value is -1.43. The van der Waals surface area contributed by atoms with E-state index in [1.807, 2.05) is 13.8 Å². The summed E-state index contributed by atoms with van der Waals surface area (Å²) in [5, 5.41) is 32.1. The normalized spacial score (nSPS) is 34.1. The summed E-state index contributed by atoms with van der Waals surface area (Å²) in [7, 11) is 0. The van der Waals surface area contributed by atoms with Crippen molar-refractivity contribution in [1.82, 2.24) is 0 Å². The van der Waals surface area contributed by atoms with Gasteiger partial charge in [0.25, 0.3) is 0 Å². The average Bonchev–Trinajstić information content (AvgIpc) is 2.93. The van der Waals surface area contributed by atoms with Crippen molar-refractivity contribution in [3.05, 3.63) is 36.0 Å². The van der Waals surface area contributed by atoms with Crippen LogP contribution >= 0.6 is 0 Å². The van der Waals surface area contributed by atoms with Gasteiger partial charge in [-0.3, -0.25) is 4.79 Å². The zero-order valence-corrected chi connectivity index (χ0v) is 16.9. The monoisotopic (exact) mass is 378 g/mol. The van der Waals surface area contributed by atoms with Crippen molar-refractivity contribution in [2.45, 2.75) is 71.4 Å². The lowest BCUT2D eigenvalue weighted by Crippen LogP contribution is -2.41. The van der Waals surface area contributed by atoms with Crippen molar-refractivity contribution in [2.75, 3.05) is 0 Å². The van der Waals surface area contributed by atoms with Gasteiger partial charge in [-0.15, -0.1) is 0 Å². The van der Waals surface area contributed by atoms with Crippen LogP contribution in [0.15, 0.2) is 36.0 Å². The number of hydrogen-bond acceptors (Lipinski definition) is 5. The smallest absolute Gasteiger partial charge is 0.302 e. The third kappa shape index (κ3) is 4.71. The Labute approximate surface area is 162 Å². The maximum Gasteiger partial charge on any atom is 0.302 e. The number of hydrogen-bond donors (Lipinski definition) is 3. The Morgan fingerprint density at radius 1 is 1.37 bits per heavy atom. The highest BCUT2D eigenvalue weighted by molar-refractivity contribution is 5.66. The molecule has 1 fully saturated rings. The van der Waals surface area contributed by atoms with E-state index in [1.54, 1.807) is 6.92 Å². The van der Waals surface area contributed by atoms with E-state index in [0.717, 1.165) is 17.6 Å². The molecule has 8 atom stereocenters. The minimum Gasteiger partial charge on any atom is -0.462 e. The van der Waals surface area contributed by atoms with Crippen molar-refractivity contribution >= 4 is 5.97 Å². The van der Waals surface area contributed by atoms with Gasteiger partial charge in [0, 0.05) is 19.3 Å². The molecule has 0 aromatic heterocycles. The topological polar surface area (TPSA) is 87.0 Å². The van der Waals surface area contributed by atoms with Crippen LogP contribution in [0.3, 0.4) is 0 Å². The van der Waals surface area contributed by atoms with Crippen molar-refractivity contribution < 1.29 is 24.9 Å². The molecular weight excluding hydrogens is 344 g/mol. The number of aliphatic hydroxyl groups excluding tert-OH is 3. The van der Waals surface area contributed by atoms with Crippen molar-refractivity contribution in [1.29, 1.82) is 0 Å². The van der Waals surface area contributed by atoms with E-state index < -0.39 is 30.4 Å². The molecule has 0 aliphatic heterocycles. The fourth-order valence-corrected chi connectivity index (χ4v) is 4.67. The number of ether oxygens (including phenoxy) is 1. The zero-order chi connectivity index (χ0) is 20.5. The maximum atomic E-state index is 11.6. The van der Waals surface area contributed by atoms with E-state index in [4.69, 9.17) is 4.74 Å². The number of rotatable bonds is 6. The number of allylic oxidation sites excluding steroid dienone is 1. The van der Waals surface area contributed by atoms with E-state index in [0.29, 0.717) is 12.0 Å². The lowest BCUT2D eigenvalue weighted by atomic mass is 9.75. The molecule has 0 radical (unpaired) electrons. The van der Waals surface area contributed by atoms with Crippen LogP contribution in [0.25, 0.3) is 0 Å². The van der Waals surface area contributed by atoms with E-state index >= 15 is 0 Å². The minimum atomic E-state index is -0.791. The first-order chi connectivity index (χ1) is 12.5. The molecule has 152 valence electrons. The van der Waals surface area contributed by atoms with Crippen LogP contribution in [-0.2, 0) is 9.53 Å². The highest BCUT2D eigenvalue weighted by Gasteiger charge is 2.46. The van der Waals surface area contributed by atoms with E-state index in [1.165, 1.54) is 6.92 Å². The number of carbonyl (C=O) groups is 1. The van der Waals surface area contributed by atoms with Crippen molar-refractivity contribution in [3.8, 4) is 0 Å². The minimum absolute atomic E-state index is 0.0420. The third-order valence-electron chi connectivity index (χ3n) is 6.46. The van der Waals surface area contributed by atoms with Gasteiger partial charge in [0.15, 0.2) is 0 Å². The molecule has 0 spiro atoms. The van der Waals surface area contributed by atoms with Gasteiger partial charge in [-0.05, 0) is 50.0 Å². The Kier molecular flexibility index (Phi) is 7.06.